The SMILES string of the molecule is CC1CN(c2ccc(Br)cc2C(C)N)CC(CO)O1. The van der Waals surface area contributed by atoms with E-state index >= 15 is 0 Å². The van der Waals surface area contributed by atoms with Gasteiger partial charge in [-0.15, -0.1) is 0 Å². The van der Waals surface area contributed by atoms with Gasteiger partial charge in [0.05, 0.1) is 18.8 Å². The molecule has 0 aliphatic carbocycles. The first-order valence-electron chi connectivity index (χ1n) is 6.57. The molecule has 0 aromatic heterocycles. The summed E-state index contributed by atoms with van der Waals surface area (Å²) in [6.45, 7) is 5.57. The summed E-state index contributed by atoms with van der Waals surface area (Å²) >= 11 is 3.49. The van der Waals surface area contributed by atoms with Crippen molar-refractivity contribution in [3.05, 3.63) is 28.2 Å². The molecule has 1 aromatic carbocycles. The van der Waals surface area contributed by atoms with Crippen LogP contribution < -0.4 is 10.6 Å². The zero-order valence-corrected chi connectivity index (χ0v) is 12.9. The highest BCUT2D eigenvalue weighted by Gasteiger charge is 2.26. The summed E-state index contributed by atoms with van der Waals surface area (Å²) in [5.74, 6) is 0. The van der Waals surface area contributed by atoms with Crippen molar-refractivity contribution < 1.29 is 9.84 Å². The number of rotatable bonds is 3. The van der Waals surface area contributed by atoms with E-state index in [4.69, 9.17) is 10.5 Å². The minimum absolute atomic E-state index is 0.0294. The first kappa shape index (κ1) is 14.8. The van der Waals surface area contributed by atoms with E-state index in [1.54, 1.807) is 0 Å². The van der Waals surface area contributed by atoms with Gasteiger partial charge in [0.25, 0.3) is 0 Å². The summed E-state index contributed by atoms with van der Waals surface area (Å²) in [5, 5.41) is 9.31. The van der Waals surface area contributed by atoms with E-state index in [1.165, 1.54) is 0 Å². The first-order valence-corrected chi connectivity index (χ1v) is 7.37. The van der Waals surface area contributed by atoms with Crippen molar-refractivity contribution in [1.29, 1.82) is 0 Å². The molecule has 106 valence electrons. The largest absolute Gasteiger partial charge is 0.394 e. The molecule has 1 saturated heterocycles. The van der Waals surface area contributed by atoms with Gasteiger partial charge in [-0.2, -0.15) is 0 Å². The standard InChI is InChI=1S/C14H21BrN2O2/c1-9-6-17(7-12(8-18)19-9)14-4-3-11(15)5-13(14)10(2)16/h3-5,9-10,12,18H,6-8,16H2,1-2H3. The fraction of sp³-hybridized carbons (Fsp3) is 0.571. The summed E-state index contributed by atoms with van der Waals surface area (Å²) in [4.78, 5) is 2.25. The van der Waals surface area contributed by atoms with Crippen LogP contribution in [0.2, 0.25) is 0 Å². The van der Waals surface area contributed by atoms with Crippen molar-refractivity contribution in [1.82, 2.24) is 0 Å². The van der Waals surface area contributed by atoms with Gasteiger partial charge in [-0.1, -0.05) is 15.9 Å². The van der Waals surface area contributed by atoms with Gasteiger partial charge in [-0.3, -0.25) is 0 Å². The number of nitrogens with two attached hydrogens (primary N) is 1. The maximum Gasteiger partial charge on any atom is 0.0984 e. The van der Waals surface area contributed by atoms with Gasteiger partial charge in [-0.25, -0.2) is 0 Å². The van der Waals surface area contributed by atoms with E-state index in [9.17, 15) is 5.11 Å². The molecule has 0 amide bonds. The van der Waals surface area contributed by atoms with Gasteiger partial charge in [0, 0.05) is 29.3 Å². The third-order valence-corrected chi connectivity index (χ3v) is 3.84. The first-order chi connectivity index (χ1) is 9.01. The molecule has 2 rings (SSSR count). The van der Waals surface area contributed by atoms with Crippen molar-refractivity contribution in [2.24, 2.45) is 5.73 Å². The van der Waals surface area contributed by atoms with E-state index in [-0.39, 0.29) is 24.9 Å². The van der Waals surface area contributed by atoms with Crippen molar-refractivity contribution in [3.8, 4) is 0 Å². The van der Waals surface area contributed by atoms with Crippen LogP contribution in [0, 0.1) is 0 Å². The molecule has 1 heterocycles. The Morgan fingerprint density at radius 2 is 2.26 bits per heavy atom. The average molecular weight is 329 g/mol. The van der Waals surface area contributed by atoms with Crippen LogP contribution in [0.5, 0.6) is 0 Å². The number of morpholine rings is 1. The summed E-state index contributed by atoms with van der Waals surface area (Å²) < 4.78 is 6.71. The number of benzene rings is 1. The van der Waals surface area contributed by atoms with E-state index < -0.39 is 0 Å². The molecule has 3 N–H and O–H groups in total. The molecule has 3 unspecified atom stereocenters. The number of hydrogen-bond acceptors (Lipinski definition) is 4. The van der Waals surface area contributed by atoms with Gasteiger partial charge >= 0.3 is 0 Å². The Morgan fingerprint density at radius 1 is 1.53 bits per heavy atom. The van der Waals surface area contributed by atoms with Crippen LogP contribution in [0.4, 0.5) is 5.69 Å². The third-order valence-electron chi connectivity index (χ3n) is 3.35. The Bertz CT molecular complexity index is 439. The van der Waals surface area contributed by atoms with Gasteiger partial charge < -0.3 is 20.5 Å². The van der Waals surface area contributed by atoms with Crippen LogP contribution in [0.3, 0.4) is 0 Å². The van der Waals surface area contributed by atoms with Crippen molar-refractivity contribution >= 4 is 21.6 Å². The van der Waals surface area contributed by atoms with Gasteiger partial charge in [0.1, 0.15) is 0 Å². The molecular formula is C14H21BrN2O2. The van der Waals surface area contributed by atoms with Crippen LogP contribution in [0.25, 0.3) is 0 Å². The molecule has 0 saturated carbocycles. The lowest BCUT2D eigenvalue weighted by Gasteiger charge is -2.38. The molecule has 1 aromatic rings. The smallest absolute Gasteiger partial charge is 0.0984 e. The lowest BCUT2D eigenvalue weighted by atomic mass is 10.0. The number of halogens is 1. The number of aliphatic hydroxyl groups excluding tert-OH is 1. The van der Waals surface area contributed by atoms with Crippen molar-refractivity contribution in [2.45, 2.75) is 32.1 Å². The fourth-order valence-corrected chi connectivity index (χ4v) is 2.90. The summed E-state index contributed by atoms with van der Waals surface area (Å²) in [6, 6.07) is 6.14. The fourth-order valence-electron chi connectivity index (χ4n) is 2.52. The number of anilines is 1. The molecule has 5 heteroatoms. The molecule has 1 fully saturated rings. The molecule has 0 bridgehead atoms. The van der Waals surface area contributed by atoms with Crippen LogP contribution in [0.15, 0.2) is 22.7 Å². The summed E-state index contributed by atoms with van der Waals surface area (Å²) in [7, 11) is 0. The number of ether oxygens (including phenoxy) is 1. The number of hydrogen-bond donors (Lipinski definition) is 2. The van der Waals surface area contributed by atoms with Crippen molar-refractivity contribution in [2.75, 3.05) is 24.6 Å². The second-order valence-corrected chi connectivity index (χ2v) is 6.06. The summed E-state index contributed by atoms with van der Waals surface area (Å²) in [6.07, 6.45) is -0.0243. The van der Waals surface area contributed by atoms with Crippen molar-refractivity contribution in [3.63, 3.8) is 0 Å². The Kier molecular flexibility index (Phi) is 4.84. The van der Waals surface area contributed by atoms with E-state index in [0.717, 1.165) is 22.3 Å². The lowest BCUT2D eigenvalue weighted by molar-refractivity contribution is -0.0421. The summed E-state index contributed by atoms with van der Waals surface area (Å²) in [5.41, 5.74) is 8.31. The number of nitrogens with zero attached hydrogens (tertiary/aromatic N) is 1. The number of aliphatic hydroxyl groups is 1. The van der Waals surface area contributed by atoms with Gasteiger partial charge in [-0.05, 0) is 37.6 Å². The predicted molar refractivity (Wildman–Crippen MR) is 80.4 cm³/mol. The molecule has 0 radical (unpaired) electrons. The Hall–Kier alpha value is -0.620. The van der Waals surface area contributed by atoms with Crippen LogP contribution in [-0.4, -0.2) is 37.0 Å². The molecule has 4 nitrogen and oxygen atoms in total. The maximum atomic E-state index is 9.31. The Morgan fingerprint density at radius 3 is 2.89 bits per heavy atom. The van der Waals surface area contributed by atoms with E-state index in [0.29, 0.717) is 6.54 Å². The van der Waals surface area contributed by atoms with Gasteiger partial charge in [0.2, 0.25) is 0 Å². The second-order valence-electron chi connectivity index (χ2n) is 5.15. The normalized spacial score (nSPS) is 25.4. The molecule has 0 spiro atoms. The van der Waals surface area contributed by atoms with Crippen LogP contribution >= 0.6 is 15.9 Å². The average Bonchev–Trinajstić information content (AvgIpc) is 2.37. The Labute approximate surface area is 122 Å². The van der Waals surface area contributed by atoms with Gasteiger partial charge in [0.15, 0.2) is 0 Å². The topological polar surface area (TPSA) is 58.7 Å². The highest BCUT2D eigenvalue weighted by Crippen LogP contribution is 2.30. The van der Waals surface area contributed by atoms with E-state index in [1.807, 2.05) is 19.9 Å². The predicted octanol–water partition coefficient (Wildman–Crippen LogP) is 2.05. The third kappa shape index (κ3) is 3.48. The van der Waals surface area contributed by atoms with Crippen LogP contribution in [0.1, 0.15) is 25.5 Å². The molecule has 3 atom stereocenters. The lowest BCUT2D eigenvalue weighted by Crippen LogP contribution is -2.48. The quantitative estimate of drug-likeness (QED) is 0.891. The minimum Gasteiger partial charge on any atom is -0.394 e. The molecule has 1 aliphatic rings. The monoisotopic (exact) mass is 328 g/mol. The molecule has 19 heavy (non-hydrogen) atoms. The minimum atomic E-state index is -0.131. The maximum absolute atomic E-state index is 9.31. The second kappa shape index (κ2) is 6.22. The molecular weight excluding hydrogens is 308 g/mol. The van der Waals surface area contributed by atoms with Crippen LogP contribution in [-0.2, 0) is 4.74 Å². The van der Waals surface area contributed by atoms with E-state index in [2.05, 4.69) is 33.0 Å². The zero-order valence-electron chi connectivity index (χ0n) is 11.3. The molecule has 1 aliphatic heterocycles. The Balaban J connectivity index is 2.30. The highest BCUT2D eigenvalue weighted by atomic mass is 79.9. The highest BCUT2D eigenvalue weighted by molar-refractivity contribution is 9.10. The zero-order chi connectivity index (χ0) is 14.0.